The monoisotopic (exact) mass is 296 g/mol. The minimum Gasteiger partial charge on any atom is -0.342 e. The number of piperazine rings is 1. The molecule has 21 heavy (non-hydrogen) atoms. The van der Waals surface area contributed by atoms with Gasteiger partial charge in [-0.3, -0.25) is 9.69 Å². The van der Waals surface area contributed by atoms with Crippen molar-refractivity contribution >= 4 is 5.91 Å². The molecule has 2 aliphatic rings. The summed E-state index contributed by atoms with van der Waals surface area (Å²) in [6.45, 7) is 8.77. The Labute approximate surface area is 129 Å². The van der Waals surface area contributed by atoms with Gasteiger partial charge in [0.1, 0.15) is 0 Å². The minimum absolute atomic E-state index is 0.341. The summed E-state index contributed by atoms with van der Waals surface area (Å²) in [6.07, 6.45) is 7.24. The Morgan fingerprint density at radius 3 is 2.05 bits per heavy atom. The van der Waals surface area contributed by atoms with E-state index in [1.54, 1.807) is 0 Å². The van der Waals surface area contributed by atoms with Crippen molar-refractivity contribution in [2.75, 3.05) is 58.9 Å². The van der Waals surface area contributed by atoms with Crippen LogP contribution in [-0.4, -0.2) is 79.5 Å². The Hall–Kier alpha value is -0.650. The molecule has 2 saturated heterocycles. The lowest BCUT2D eigenvalue weighted by molar-refractivity contribution is -0.132. The number of likely N-dealkylation sites (tertiary alicyclic amines) is 1. The van der Waals surface area contributed by atoms with Crippen molar-refractivity contribution in [2.24, 2.45) is 5.73 Å². The molecule has 0 aromatic carbocycles. The Morgan fingerprint density at radius 2 is 1.43 bits per heavy atom. The van der Waals surface area contributed by atoms with Crippen molar-refractivity contribution in [2.45, 2.75) is 38.5 Å². The second-order valence-electron chi connectivity index (χ2n) is 6.41. The summed E-state index contributed by atoms with van der Waals surface area (Å²) in [5, 5.41) is 0. The van der Waals surface area contributed by atoms with E-state index in [1.807, 2.05) is 0 Å². The highest BCUT2D eigenvalue weighted by atomic mass is 16.2. The van der Waals surface area contributed by atoms with Crippen molar-refractivity contribution in [3.8, 4) is 0 Å². The molecule has 0 bridgehead atoms. The maximum atomic E-state index is 12.4. The largest absolute Gasteiger partial charge is 0.342 e. The van der Waals surface area contributed by atoms with Crippen LogP contribution in [0.15, 0.2) is 0 Å². The molecule has 0 aromatic rings. The third-order valence-corrected chi connectivity index (χ3v) is 4.71. The van der Waals surface area contributed by atoms with E-state index in [2.05, 4.69) is 14.7 Å². The summed E-state index contributed by atoms with van der Waals surface area (Å²) in [5.41, 5.74) is 5.53. The van der Waals surface area contributed by atoms with Crippen molar-refractivity contribution in [3.63, 3.8) is 0 Å². The van der Waals surface area contributed by atoms with Crippen molar-refractivity contribution in [1.29, 1.82) is 0 Å². The number of carbonyl (C=O) groups excluding carboxylic acids is 1. The van der Waals surface area contributed by atoms with Gasteiger partial charge in [0, 0.05) is 39.3 Å². The van der Waals surface area contributed by atoms with E-state index in [1.165, 1.54) is 32.1 Å². The zero-order chi connectivity index (χ0) is 14.9. The molecule has 0 atom stereocenters. The van der Waals surface area contributed by atoms with Crippen LogP contribution in [0.3, 0.4) is 0 Å². The second kappa shape index (κ2) is 9.38. The van der Waals surface area contributed by atoms with Crippen LogP contribution in [0, 0.1) is 0 Å². The molecule has 2 heterocycles. The average molecular weight is 296 g/mol. The van der Waals surface area contributed by atoms with E-state index in [9.17, 15) is 4.79 Å². The number of unbranched alkanes of at least 4 members (excludes halogenated alkanes) is 1. The van der Waals surface area contributed by atoms with Crippen molar-refractivity contribution in [3.05, 3.63) is 0 Å². The van der Waals surface area contributed by atoms with Crippen molar-refractivity contribution in [1.82, 2.24) is 14.7 Å². The highest BCUT2D eigenvalue weighted by molar-refractivity contribution is 5.78. The minimum atomic E-state index is 0.341. The molecule has 0 aromatic heterocycles. The first-order valence-electron chi connectivity index (χ1n) is 8.72. The number of amides is 1. The quantitative estimate of drug-likeness (QED) is 0.735. The van der Waals surface area contributed by atoms with Gasteiger partial charge in [0.15, 0.2) is 0 Å². The first-order chi connectivity index (χ1) is 10.3. The molecule has 2 N–H and O–H groups in total. The van der Waals surface area contributed by atoms with Crippen LogP contribution < -0.4 is 5.73 Å². The molecule has 1 amide bonds. The van der Waals surface area contributed by atoms with Gasteiger partial charge in [-0.1, -0.05) is 12.8 Å². The number of rotatable bonds is 6. The molecule has 0 aliphatic carbocycles. The van der Waals surface area contributed by atoms with Gasteiger partial charge in [-0.25, -0.2) is 0 Å². The predicted octanol–water partition coefficient (Wildman–Crippen LogP) is 0.746. The number of nitrogens with zero attached hydrogens (tertiary/aromatic N) is 3. The van der Waals surface area contributed by atoms with Crippen LogP contribution in [0.4, 0.5) is 0 Å². The van der Waals surface area contributed by atoms with Gasteiger partial charge < -0.3 is 15.5 Å². The van der Waals surface area contributed by atoms with Gasteiger partial charge >= 0.3 is 0 Å². The smallest absolute Gasteiger partial charge is 0.236 e. The second-order valence-corrected chi connectivity index (χ2v) is 6.41. The fourth-order valence-electron chi connectivity index (χ4n) is 3.26. The Balaban J connectivity index is 1.64. The fraction of sp³-hybridized carbons (Fsp3) is 0.938. The lowest BCUT2D eigenvalue weighted by atomic mass is 10.2. The summed E-state index contributed by atoms with van der Waals surface area (Å²) >= 11 is 0. The highest BCUT2D eigenvalue weighted by Gasteiger charge is 2.21. The Kier molecular flexibility index (Phi) is 7.47. The van der Waals surface area contributed by atoms with E-state index in [4.69, 9.17) is 5.73 Å². The van der Waals surface area contributed by atoms with E-state index in [0.717, 1.165) is 58.8 Å². The average Bonchev–Trinajstić information content (AvgIpc) is 2.78. The van der Waals surface area contributed by atoms with Crippen LogP contribution in [0.2, 0.25) is 0 Å². The molecule has 0 saturated carbocycles. The Morgan fingerprint density at radius 1 is 0.810 bits per heavy atom. The zero-order valence-corrected chi connectivity index (χ0v) is 13.4. The summed E-state index contributed by atoms with van der Waals surface area (Å²) in [4.78, 5) is 19.3. The SMILES string of the molecule is NCCCCN1CCN(CC(=O)N2CCCCCC2)CC1. The van der Waals surface area contributed by atoms with Crippen LogP contribution >= 0.6 is 0 Å². The summed E-state index contributed by atoms with van der Waals surface area (Å²) in [5.74, 6) is 0.341. The molecule has 122 valence electrons. The van der Waals surface area contributed by atoms with Gasteiger partial charge in [0.2, 0.25) is 5.91 Å². The van der Waals surface area contributed by atoms with Crippen LogP contribution in [-0.2, 0) is 4.79 Å². The van der Waals surface area contributed by atoms with Gasteiger partial charge in [-0.2, -0.15) is 0 Å². The standard InChI is InChI=1S/C16H32N4O/c17-7-3-6-8-18-11-13-19(14-12-18)15-16(21)20-9-4-1-2-5-10-20/h1-15,17H2. The summed E-state index contributed by atoms with van der Waals surface area (Å²) < 4.78 is 0. The van der Waals surface area contributed by atoms with Crippen molar-refractivity contribution < 1.29 is 4.79 Å². The van der Waals surface area contributed by atoms with Gasteiger partial charge in [-0.15, -0.1) is 0 Å². The molecular formula is C16H32N4O. The maximum Gasteiger partial charge on any atom is 0.236 e. The number of hydrogen-bond donors (Lipinski definition) is 1. The first-order valence-corrected chi connectivity index (χ1v) is 8.72. The molecule has 0 radical (unpaired) electrons. The van der Waals surface area contributed by atoms with Gasteiger partial charge in [0.05, 0.1) is 6.54 Å². The molecular weight excluding hydrogens is 264 g/mol. The third-order valence-electron chi connectivity index (χ3n) is 4.71. The summed E-state index contributed by atoms with van der Waals surface area (Å²) in [7, 11) is 0. The Bertz CT molecular complexity index is 295. The van der Waals surface area contributed by atoms with E-state index in [0.29, 0.717) is 12.5 Å². The zero-order valence-electron chi connectivity index (χ0n) is 13.4. The van der Waals surface area contributed by atoms with Gasteiger partial charge in [0.25, 0.3) is 0 Å². The molecule has 5 heteroatoms. The molecule has 2 aliphatic heterocycles. The van der Waals surface area contributed by atoms with E-state index in [-0.39, 0.29) is 0 Å². The number of nitrogens with two attached hydrogens (primary N) is 1. The predicted molar refractivity (Wildman–Crippen MR) is 86.2 cm³/mol. The fourth-order valence-corrected chi connectivity index (χ4v) is 3.26. The van der Waals surface area contributed by atoms with Gasteiger partial charge in [-0.05, 0) is 38.8 Å². The normalized spacial score (nSPS) is 22.2. The molecule has 2 rings (SSSR count). The molecule has 2 fully saturated rings. The van der Waals surface area contributed by atoms with E-state index >= 15 is 0 Å². The third kappa shape index (κ3) is 5.93. The first kappa shape index (κ1) is 16.7. The van der Waals surface area contributed by atoms with Crippen LogP contribution in [0.25, 0.3) is 0 Å². The van der Waals surface area contributed by atoms with Crippen LogP contribution in [0.5, 0.6) is 0 Å². The number of carbonyl (C=O) groups is 1. The maximum absolute atomic E-state index is 12.4. The number of hydrogen-bond acceptors (Lipinski definition) is 4. The van der Waals surface area contributed by atoms with Crippen LogP contribution in [0.1, 0.15) is 38.5 Å². The molecule has 5 nitrogen and oxygen atoms in total. The summed E-state index contributed by atoms with van der Waals surface area (Å²) in [6, 6.07) is 0. The molecule has 0 unspecified atom stereocenters. The lowest BCUT2D eigenvalue weighted by Crippen LogP contribution is -2.50. The highest BCUT2D eigenvalue weighted by Crippen LogP contribution is 2.11. The topological polar surface area (TPSA) is 52.8 Å². The molecule has 0 spiro atoms. The lowest BCUT2D eigenvalue weighted by Gasteiger charge is -2.35. The van der Waals surface area contributed by atoms with E-state index < -0.39 is 0 Å².